The van der Waals surface area contributed by atoms with Gasteiger partial charge in [0, 0.05) is 19.3 Å². The van der Waals surface area contributed by atoms with Crippen LogP contribution in [0.2, 0.25) is 0 Å². The lowest BCUT2D eigenvalue weighted by atomic mass is 10.1. The second kappa shape index (κ2) is 10.6. The van der Waals surface area contributed by atoms with Gasteiger partial charge in [0.1, 0.15) is 12.4 Å². The minimum atomic E-state index is -3.50. The highest BCUT2D eigenvalue weighted by Gasteiger charge is 2.23. The van der Waals surface area contributed by atoms with E-state index in [0.29, 0.717) is 11.4 Å². The van der Waals surface area contributed by atoms with Crippen LogP contribution in [0.3, 0.4) is 0 Å². The third-order valence-electron chi connectivity index (χ3n) is 5.60. The maximum atomic E-state index is 14.4. The Kier molecular flexibility index (Phi) is 8.05. The van der Waals surface area contributed by atoms with Crippen LogP contribution in [0.4, 0.5) is 4.39 Å². The third kappa shape index (κ3) is 6.62. The number of ether oxygens (including phenoxy) is 2. The fourth-order valence-corrected chi connectivity index (χ4v) is 4.30. The number of hydrogen-bond acceptors (Lipinski definition) is 7. The van der Waals surface area contributed by atoms with Crippen LogP contribution >= 0.6 is 0 Å². The van der Waals surface area contributed by atoms with Gasteiger partial charge in [-0.05, 0) is 63.3 Å². The molecule has 0 N–H and O–H groups in total. The average molecular weight is 466 g/mol. The summed E-state index contributed by atoms with van der Waals surface area (Å²) in [4.78, 5) is 10.7. The zero-order chi connectivity index (χ0) is 23.3. The van der Waals surface area contributed by atoms with E-state index < -0.39 is 15.7 Å². The summed E-state index contributed by atoms with van der Waals surface area (Å²) >= 11 is 0. The molecule has 0 radical (unpaired) electrons. The summed E-state index contributed by atoms with van der Waals surface area (Å²) < 4.78 is 49.3. The summed E-state index contributed by atoms with van der Waals surface area (Å²) in [6.07, 6.45) is 6.71. The van der Waals surface area contributed by atoms with E-state index in [9.17, 15) is 12.8 Å². The molecule has 1 aliphatic heterocycles. The quantitative estimate of drug-likeness (QED) is 0.543. The molecule has 1 saturated heterocycles. The summed E-state index contributed by atoms with van der Waals surface area (Å²) in [7, 11) is -3.50. The van der Waals surface area contributed by atoms with Crippen molar-refractivity contribution in [3.8, 4) is 17.5 Å². The van der Waals surface area contributed by atoms with Gasteiger partial charge in [0.25, 0.3) is 0 Å². The molecular formula is C23H32FN3O4S. The number of benzene rings is 1. The largest absolute Gasteiger partial charge is 0.474 e. The van der Waals surface area contributed by atoms with Crippen LogP contribution in [0.5, 0.6) is 17.5 Å². The van der Waals surface area contributed by atoms with Crippen LogP contribution in [0, 0.1) is 18.7 Å². The van der Waals surface area contributed by atoms with E-state index in [2.05, 4.69) is 28.7 Å². The Labute approximate surface area is 189 Å². The molecule has 0 aliphatic carbocycles. The summed E-state index contributed by atoms with van der Waals surface area (Å²) in [5, 5.41) is 0. The summed E-state index contributed by atoms with van der Waals surface area (Å²) in [6, 6.07) is 3.52. The highest BCUT2D eigenvalue weighted by molar-refractivity contribution is 7.90. The first-order chi connectivity index (χ1) is 15.1. The molecule has 0 amide bonds. The lowest BCUT2D eigenvalue weighted by molar-refractivity contribution is 0.0944. The van der Waals surface area contributed by atoms with Gasteiger partial charge in [-0.25, -0.2) is 22.8 Å². The lowest BCUT2D eigenvalue weighted by Crippen LogP contribution is -2.39. The number of likely N-dealkylation sites (tertiary alicyclic amines) is 1. The van der Waals surface area contributed by atoms with Crippen molar-refractivity contribution in [2.75, 3.05) is 25.9 Å². The van der Waals surface area contributed by atoms with Crippen molar-refractivity contribution in [2.24, 2.45) is 5.92 Å². The molecular weight excluding hydrogens is 433 g/mol. The predicted molar refractivity (Wildman–Crippen MR) is 121 cm³/mol. The summed E-state index contributed by atoms with van der Waals surface area (Å²) in [6.45, 7) is 9.37. The molecule has 0 spiro atoms. The molecule has 1 aliphatic rings. The lowest BCUT2D eigenvalue weighted by Gasteiger charge is -2.32. The van der Waals surface area contributed by atoms with E-state index in [1.807, 2.05) is 0 Å². The van der Waals surface area contributed by atoms with E-state index in [4.69, 9.17) is 9.47 Å². The molecule has 0 unspecified atom stereocenters. The molecule has 0 atom stereocenters. The van der Waals surface area contributed by atoms with E-state index >= 15 is 0 Å². The van der Waals surface area contributed by atoms with E-state index in [-0.39, 0.29) is 22.6 Å². The fraction of sp³-hybridized carbons (Fsp3) is 0.565. The number of halogens is 1. The van der Waals surface area contributed by atoms with Gasteiger partial charge < -0.3 is 14.4 Å². The Balaban J connectivity index is 1.61. The predicted octanol–water partition coefficient (Wildman–Crippen LogP) is 4.40. The van der Waals surface area contributed by atoms with Crippen LogP contribution in [0.1, 0.15) is 45.1 Å². The number of sulfone groups is 1. The van der Waals surface area contributed by atoms with Crippen LogP contribution in [0.25, 0.3) is 0 Å². The monoisotopic (exact) mass is 465 g/mol. The third-order valence-corrected chi connectivity index (χ3v) is 6.71. The van der Waals surface area contributed by atoms with Gasteiger partial charge in [0.05, 0.1) is 10.5 Å². The van der Waals surface area contributed by atoms with Gasteiger partial charge in [-0.15, -0.1) is 0 Å². The smallest absolute Gasteiger partial charge is 0.229 e. The van der Waals surface area contributed by atoms with Crippen molar-refractivity contribution in [2.45, 2.75) is 57.5 Å². The molecule has 32 heavy (non-hydrogen) atoms. The molecule has 2 heterocycles. The van der Waals surface area contributed by atoms with Gasteiger partial charge >= 0.3 is 0 Å². The Morgan fingerprint density at radius 2 is 1.88 bits per heavy atom. The minimum absolute atomic E-state index is 0.0589. The normalized spacial score (nSPS) is 15.8. The molecule has 1 fully saturated rings. The molecule has 1 aromatic heterocycles. The van der Waals surface area contributed by atoms with Crippen molar-refractivity contribution in [1.29, 1.82) is 0 Å². The van der Waals surface area contributed by atoms with Crippen LogP contribution in [-0.2, 0) is 9.84 Å². The Hall–Kier alpha value is -2.26. The van der Waals surface area contributed by atoms with Gasteiger partial charge in [-0.1, -0.05) is 13.8 Å². The Morgan fingerprint density at radius 3 is 2.50 bits per heavy atom. The van der Waals surface area contributed by atoms with Crippen molar-refractivity contribution in [1.82, 2.24) is 14.9 Å². The maximum Gasteiger partial charge on any atom is 0.229 e. The Morgan fingerprint density at radius 1 is 1.19 bits per heavy atom. The van der Waals surface area contributed by atoms with Crippen molar-refractivity contribution in [3.05, 3.63) is 35.9 Å². The minimum Gasteiger partial charge on any atom is -0.474 e. The molecule has 7 nitrogen and oxygen atoms in total. The molecule has 0 bridgehead atoms. The number of piperidine rings is 1. The standard InChI is InChI=1S/C23H32FN3O4S/c1-16(2)6-5-11-27-12-9-18(10-13-27)30-22-17(3)23(26-15-25-22)31-21-8-7-19(14-20(21)24)32(4,28)29/h7-8,14-16,18H,5-6,9-13H2,1-4H3. The first-order valence-electron chi connectivity index (χ1n) is 11.0. The Bertz CT molecular complexity index is 1020. The van der Waals surface area contributed by atoms with E-state index in [1.54, 1.807) is 6.92 Å². The van der Waals surface area contributed by atoms with Crippen molar-refractivity contribution in [3.63, 3.8) is 0 Å². The SMILES string of the molecule is Cc1c(Oc2ccc(S(C)(=O)=O)cc2F)ncnc1OC1CCN(CCCC(C)C)CC1. The van der Waals surface area contributed by atoms with Crippen LogP contribution in [0.15, 0.2) is 29.4 Å². The fourth-order valence-electron chi connectivity index (χ4n) is 3.67. The molecule has 176 valence electrons. The molecule has 1 aromatic carbocycles. The molecule has 9 heteroatoms. The second-order valence-corrected chi connectivity index (χ2v) is 10.8. The van der Waals surface area contributed by atoms with Gasteiger partial charge in [-0.3, -0.25) is 0 Å². The maximum absolute atomic E-state index is 14.4. The highest BCUT2D eigenvalue weighted by atomic mass is 32.2. The van der Waals surface area contributed by atoms with Crippen LogP contribution in [-0.4, -0.2) is 55.3 Å². The molecule has 3 rings (SSSR count). The average Bonchev–Trinajstić information content (AvgIpc) is 2.72. The number of aromatic nitrogens is 2. The summed E-state index contributed by atoms with van der Waals surface area (Å²) in [5.41, 5.74) is 0.568. The highest BCUT2D eigenvalue weighted by Crippen LogP contribution is 2.31. The molecule has 0 saturated carbocycles. The zero-order valence-electron chi connectivity index (χ0n) is 19.2. The topological polar surface area (TPSA) is 81.6 Å². The first-order valence-corrected chi connectivity index (χ1v) is 12.9. The van der Waals surface area contributed by atoms with Gasteiger partial charge in [0.15, 0.2) is 21.4 Å². The molecule has 2 aromatic rings. The number of hydrogen-bond donors (Lipinski definition) is 0. The first kappa shape index (κ1) is 24.4. The van der Waals surface area contributed by atoms with E-state index in [0.717, 1.165) is 50.7 Å². The van der Waals surface area contributed by atoms with Gasteiger partial charge in [0.2, 0.25) is 11.8 Å². The zero-order valence-corrected chi connectivity index (χ0v) is 20.0. The van der Waals surface area contributed by atoms with Crippen molar-refractivity contribution >= 4 is 9.84 Å². The number of nitrogens with zero attached hydrogens (tertiary/aromatic N) is 3. The summed E-state index contributed by atoms with van der Waals surface area (Å²) in [5.74, 6) is 0.436. The number of rotatable bonds is 9. The van der Waals surface area contributed by atoms with Crippen molar-refractivity contribution < 1.29 is 22.3 Å². The second-order valence-electron chi connectivity index (χ2n) is 8.77. The van der Waals surface area contributed by atoms with Crippen LogP contribution < -0.4 is 9.47 Å². The van der Waals surface area contributed by atoms with Gasteiger partial charge in [-0.2, -0.15) is 0 Å². The van der Waals surface area contributed by atoms with E-state index in [1.165, 1.54) is 31.3 Å².